The second kappa shape index (κ2) is 4.86. The maximum absolute atomic E-state index is 12.9. The highest BCUT2D eigenvalue weighted by Gasteiger charge is 2.43. The van der Waals surface area contributed by atoms with Gasteiger partial charge in [0.25, 0.3) is 0 Å². The van der Waals surface area contributed by atoms with Crippen LogP contribution in [0.1, 0.15) is 26.2 Å². The van der Waals surface area contributed by atoms with Crippen LogP contribution in [-0.4, -0.2) is 11.9 Å². The van der Waals surface area contributed by atoms with Gasteiger partial charge in [-0.3, -0.25) is 4.79 Å². The van der Waals surface area contributed by atoms with Crippen molar-refractivity contribution in [1.29, 1.82) is 0 Å². The topological polar surface area (TPSA) is 55.1 Å². The van der Waals surface area contributed by atoms with Gasteiger partial charge in [-0.1, -0.05) is 18.0 Å². The number of rotatable bonds is 2. The zero-order chi connectivity index (χ0) is 13.3. The molecule has 2 atom stereocenters. The fourth-order valence-electron chi connectivity index (χ4n) is 2.33. The Kier molecular flexibility index (Phi) is 3.59. The van der Waals surface area contributed by atoms with Crippen LogP contribution in [0.4, 0.5) is 10.1 Å². The summed E-state index contributed by atoms with van der Waals surface area (Å²) in [4.78, 5) is 12.2. The molecule has 2 unspecified atom stereocenters. The third kappa shape index (κ3) is 2.35. The predicted molar refractivity (Wildman–Crippen MR) is 70.0 cm³/mol. The van der Waals surface area contributed by atoms with E-state index in [-0.39, 0.29) is 17.0 Å². The Labute approximate surface area is 111 Å². The van der Waals surface area contributed by atoms with Gasteiger partial charge in [0.2, 0.25) is 5.91 Å². The highest BCUT2D eigenvalue weighted by molar-refractivity contribution is 6.33. The standard InChI is InChI=1S/C13H16ClFN2O/c1-13(6-2-3-11(13)16)12(18)17-10-5-4-8(15)7-9(10)14/h4-5,7,11H,2-3,6,16H2,1H3,(H,17,18). The van der Waals surface area contributed by atoms with E-state index in [9.17, 15) is 9.18 Å². The second-order valence-corrected chi connectivity index (χ2v) is 5.40. The first kappa shape index (κ1) is 13.3. The molecule has 1 saturated carbocycles. The summed E-state index contributed by atoms with van der Waals surface area (Å²) >= 11 is 5.88. The lowest BCUT2D eigenvalue weighted by molar-refractivity contribution is -0.125. The zero-order valence-corrected chi connectivity index (χ0v) is 10.9. The van der Waals surface area contributed by atoms with Crippen molar-refractivity contribution in [3.05, 3.63) is 29.0 Å². The minimum atomic E-state index is -0.572. The second-order valence-electron chi connectivity index (χ2n) is 4.99. The van der Waals surface area contributed by atoms with Crippen LogP contribution < -0.4 is 11.1 Å². The minimum absolute atomic E-state index is 0.142. The molecule has 1 aromatic rings. The highest BCUT2D eigenvalue weighted by atomic mass is 35.5. The van der Waals surface area contributed by atoms with Gasteiger partial charge in [0, 0.05) is 6.04 Å². The first-order chi connectivity index (χ1) is 8.43. The molecule has 1 aliphatic carbocycles. The molecule has 0 heterocycles. The van der Waals surface area contributed by atoms with Crippen LogP contribution in [0.25, 0.3) is 0 Å². The first-order valence-corrected chi connectivity index (χ1v) is 6.33. The molecule has 5 heteroatoms. The first-order valence-electron chi connectivity index (χ1n) is 5.95. The normalized spacial score (nSPS) is 27.2. The van der Waals surface area contributed by atoms with Crippen molar-refractivity contribution in [3.63, 3.8) is 0 Å². The molecule has 3 nitrogen and oxygen atoms in total. The quantitative estimate of drug-likeness (QED) is 0.868. The molecule has 0 aliphatic heterocycles. The van der Waals surface area contributed by atoms with Gasteiger partial charge in [-0.05, 0) is 38.0 Å². The lowest BCUT2D eigenvalue weighted by Crippen LogP contribution is -2.44. The van der Waals surface area contributed by atoms with E-state index in [2.05, 4.69) is 5.32 Å². The van der Waals surface area contributed by atoms with Gasteiger partial charge in [-0.2, -0.15) is 0 Å². The molecule has 1 aliphatic rings. The van der Waals surface area contributed by atoms with Crippen molar-refractivity contribution < 1.29 is 9.18 Å². The van der Waals surface area contributed by atoms with E-state index in [1.54, 1.807) is 0 Å². The van der Waals surface area contributed by atoms with E-state index >= 15 is 0 Å². The number of nitrogens with two attached hydrogens (primary N) is 1. The molecular formula is C13H16ClFN2O. The van der Waals surface area contributed by atoms with E-state index < -0.39 is 11.2 Å². The Morgan fingerprint density at radius 3 is 2.89 bits per heavy atom. The van der Waals surface area contributed by atoms with Crippen molar-refractivity contribution in [2.24, 2.45) is 11.1 Å². The fourth-order valence-corrected chi connectivity index (χ4v) is 2.55. The van der Waals surface area contributed by atoms with Crippen LogP contribution in [0.5, 0.6) is 0 Å². The Hall–Kier alpha value is -1.13. The summed E-state index contributed by atoms with van der Waals surface area (Å²) in [6.07, 6.45) is 2.56. The molecule has 3 N–H and O–H groups in total. The van der Waals surface area contributed by atoms with E-state index in [4.69, 9.17) is 17.3 Å². The van der Waals surface area contributed by atoms with Crippen LogP contribution >= 0.6 is 11.6 Å². The molecule has 0 spiro atoms. The van der Waals surface area contributed by atoms with Crippen LogP contribution in [0.3, 0.4) is 0 Å². The van der Waals surface area contributed by atoms with Gasteiger partial charge < -0.3 is 11.1 Å². The lowest BCUT2D eigenvalue weighted by Gasteiger charge is -2.27. The molecule has 18 heavy (non-hydrogen) atoms. The molecule has 1 amide bonds. The molecule has 0 radical (unpaired) electrons. The summed E-state index contributed by atoms with van der Waals surface area (Å²) < 4.78 is 12.9. The summed E-state index contributed by atoms with van der Waals surface area (Å²) in [5, 5.41) is 2.93. The Bertz CT molecular complexity index is 480. The van der Waals surface area contributed by atoms with Crippen LogP contribution in [0.15, 0.2) is 18.2 Å². The van der Waals surface area contributed by atoms with Crippen LogP contribution in [-0.2, 0) is 4.79 Å². The highest BCUT2D eigenvalue weighted by Crippen LogP contribution is 2.38. The number of hydrogen-bond donors (Lipinski definition) is 2. The van der Waals surface area contributed by atoms with Crippen molar-refractivity contribution in [2.75, 3.05) is 5.32 Å². The van der Waals surface area contributed by atoms with E-state index in [0.717, 1.165) is 19.3 Å². The van der Waals surface area contributed by atoms with Gasteiger partial charge >= 0.3 is 0 Å². The van der Waals surface area contributed by atoms with Crippen LogP contribution in [0, 0.1) is 11.2 Å². The Balaban J connectivity index is 2.16. The molecule has 98 valence electrons. The molecular weight excluding hydrogens is 255 g/mol. The lowest BCUT2D eigenvalue weighted by atomic mass is 9.84. The number of nitrogens with one attached hydrogen (secondary N) is 1. The van der Waals surface area contributed by atoms with E-state index in [1.807, 2.05) is 6.92 Å². The minimum Gasteiger partial charge on any atom is -0.327 e. The molecule has 1 aromatic carbocycles. The SMILES string of the molecule is CC1(C(=O)Nc2ccc(F)cc2Cl)CCCC1N. The molecule has 0 aromatic heterocycles. The van der Waals surface area contributed by atoms with Gasteiger partial charge in [-0.15, -0.1) is 0 Å². The fraction of sp³-hybridized carbons (Fsp3) is 0.462. The number of amides is 1. The smallest absolute Gasteiger partial charge is 0.231 e. The molecule has 1 fully saturated rings. The summed E-state index contributed by atoms with van der Waals surface area (Å²) in [7, 11) is 0. The Morgan fingerprint density at radius 2 is 2.33 bits per heavy atom. The number of halogens is 2. The van der Waals surface area contributed by atoms with Crippen molar-refractivity contribution in [2.45, 2.75) is 32.2 Å². The average molecular weight is 271 g/mol. The van der Waals surface area contributed by atoms with Crippen molar-refractivity contribution >= 4 is 23.2 Å². The molecule has 0 bridgehead atoms. The Morgan fingerprint density at radius 1 is 1.61 bits per heavy atom. The van der Waals surface area contributed by atoms with Gasteiger partial charge in [0.1, 0.15) is 5.82 Å². The number of carbonyl (C=O) groups excluding carboxylic acids is 1. The maximum atomic E-state index is 12.9. The number of hydrogen-bond acceptors (Lipinski definition) is 2. The van der Waals surface area contributed by atoms with Gasteiger partial charge in [-0.25, -0.2) is 4.39 Å². The van der Waals surface area contributed by atoms with E-state index in [1.165, 1.54) is 18.2 Å². The van der Waals surface area contributed by atoms with E-state index in [0.29, 0.717) is 5.69 Å². The number of benzene rings is 1. The summed E-state index contributed by atoms with van der Waals surface area (Å²) in [5.41, 5.74) is 5.82. The largest absolute Gasteiger partial charge is 0.327 e. The van der Waals surface area contributed by atoms with Gasteiger partial charge in [0.15, 0.2) is 0 Å². The zero-order valence-electron chi connectivity index (χ0n) is 10.2. The average Bonchev–Trinajstić information content (AvgIpc) is 2.64. The monoisotopic (exact) mass is 270 g/mol. The number of carbonyl (C=O) groups is 1. The van der Waals surface area contributed by atoms with Crippen LogP contribution in [0.2, 0.25) is 5.02 Å². The summed E-state index contributed by atoms with van der Waals surface area (Å²) in [6, 6.07) is 3.75. The van der Waals surface area contributed by atoms with Crippen molar-refractivity contribution in [1.82, 2.24) is 0 Å². The third-order valence-electron chi connectivity index (χ3n) is 3.73. The number of anilines is 1. The summed E-state index contributed by atoms with van der Waals surface area (Å²) in [6.45, 7) is 1.86. The maximum Gasteiger partial charge on any atom is 0.231 e. The van der Waals surface area contributed by atoms with Gasteiger partial charge in [0.05, 0.1) is 16.1 Å². The summed E-state index contributed by atoms with van der Waals surface area (Å²) in [5.74, 6) is -0.581. The molecule has 0 saturated heterocycles. The molecule has 2 rings (SSSR count). The third-order valence-corrected chi connectivity index (χ3v) is 4.04. The predicted octanol–water partition coefficient (Wildman–Crippen LogP) is 2.94. The van der Waals surface area contributed by atoms with Crippen molar-refractivity contribution in [3.8, 4) is 0 Å².